The molecule has 0 amide bonds. The second kappa shape index (κ2) is 6.58. The number of nitrogens with two attached hydrogens (primary N) is 1. The first kappa shape index (κ1) is 15.3. The van der Waals surface area contributed by atoms with Crippen LogP contribution >= 0.6 is 15.9 Å². The molecule has 0 saturated carbocycles. The maximum Gasteiger partial charge on any atom is 0.170 e. The van der Waals surface area contributed by atoms with Crippen LogP contribution in [0.2, 0.25) is 0 Å². The molecule has 0 spiro atoms. The van der Waals surface area contributed by atoms with Crippen molar-refractivity contribution in [2.45, 2.75) is 6.54 Å². The maximum absolute atomic E-state index is 13.8. The molecule has 21 heavy (non-hydrogen) atoms. The van der Waals surface area contributed by atoms with Gasteiger partial charge in [0.15, 0.2) is 5.84 Å². The van der Waals surface area contributed by atoms with E-state index in [1.54, 1.807) is 18.2 Å². The Bertz CT molecular complexity index is 658. The summed E-state index contributed by atoms with van der Waals surface area (Å²) < 4.78 is 14.5. The number of amidine groups is 1. The van der Waals surface area contributed by atoms with Gasteiger partial charge in [0.1, 0.15) is 5.82 Å². The van der Waals surface area contributed by atoms with Crippen LogP contribution in [0, 0.1) is 5.82 Å². The van der Waals surface area contributed by atoms with Crippen LogP contribution in [-0.4, -0.2) is 18.1 Å². The highest BCUT2D eigenvalue weighted by molar-refractivity contribution is 9.10. The zero-order valence-electron chi connectivity index (χ0n) is 11.4. The molecule has 2 rings (SSSR count). The van der Waals surface area contributed by atoms with E-state index in [0.717, 1.165) is 10.2 Å². The Balaban J connectivity index is 2.14. The maximum atomic E-state index is 13.8. The summed E-state index contributed by atoms with van der Waals surface area (Å²) in [4.78, 5) is 1.92. The number of hydrogen-bond donors (Lipinski definition) is 2. The van der Waals surface area contributed by atoms with Crippen LogP contribution in [0.4, 0.5) is 10.1 Å². The average Bonchev–Trinajstić information content (AvgIpc) is 2.49. The lowest BCUT2D eigenvalue weighted by molar-refractivity contribution is 0.318. The highest BCUT2D eigenvalue weighted by Crippen LogP contribution is 2.20. The zero-order chi connectivity index (χ0) is 15.4. The minimum atomic E-state index is -0.246. The van der Waals surface area contributed by atoms with E-state index in [2.05, 4.69) is 21.1 Å². The van der Waals surface area contributed by atoms with E-state index >= 15 is 0 Å². The van der Waals surface area contributed by atoms with Crippen LogP contribution in [-0.2, 0) is 6.54 Å². The van der Waals surface area contributed by atoms with Crippen molar-refractivity contribution >= 4 is 27.5 Å². The summed E-state index contributed by atoms with van der Waals surface area (Å²) in [5.74, 6) is -0.187. The largest absolute Gasteiger partial charge is 0.409 e. The van der Waals surface area contributed by atoms with E-state index in [1.165, 1.54) is 6.07 Å². The molecule has 0 heterocycles. The third kappa shape index (κ3) is 3.72. The van der Waals surface area contributed by atoms with Crippen LogP contribution < -0.4 is 10.6 Å². The lowest BCUT2D eigenvalue weighted by Crippen LogP contribution is -2.18. The van der Waals surface area contributed by atoms with Gasteiger partial charge in [-0.2, -0.15) is 0 Å². The van der Waals surface area contributed by atoms with Crippen LogP contribution in [0.5, 0.6) is 0 Å². The number of nitrogens with zero attached hydrogens (tertiary/aromatic N) is 2. The molecule has 0 aliphatic heterocycles. The molecule has 2 aromatic carbocycles. The molecule has 6 heteroatoms. The Labute approximate surface area is 130 Å². The Kier molecular flexibility index (Phi) is 4.80. The van der Waals surface area contributed by atoms with Gasteiger partial charge >= 0.3 is 0 Å². The average molecular weight is 352 g/mol. The first-order valence-corrected chi connectivity index (χ1v) is 7.03. The number of hydrogen-bond acceptors (Lipinski definition) is 3. The SMILES string of the molecule is CN(Cc1ccc(Br)cc1F)c1ccc(C(N)=NO)cc1. The highest BCUT2D eigenvalue weighted by Gasteiger charge is 2.08. The fourth-order valence-corrected chi connectivity index (χ4v) is 2.27. The van der Waals surface area contributed by atoms with Gasteiger partial charge in [-0.3, -0.25) is 0 Å². The van der Waals surface area contributed by atoms with Gasteiger partial charge in [-0.05, 0) is 36.4 Å². The molecule has 0 unspecified atom stereocenters. The summed E-state index contributed by atoms with van der Waals surface area (Å²) in [7, 11) is 1.87. The van der Waals surface area contributed by atoms with Crippen molar-refractivity contribution in [1.82, 2.24) is 0 Å². The Morgan fingerprint density at radius 2 is 1.95 bits per heavy atom. The third-order valence-electron chi connectivity index (χ3n) is 3.13. The monoisotopic (exact) mass is 351 g/mol. The van der Waals surface area contributed by atoms with E-state index < -0.39 is 0 Å². The second-order valence-electron chi connectivity index (χ2n) is 4.62. The molecule has 110 valence electrons. The molecule has 0 aliphatic rings. The van der Waals surface area contributed by atoms with Gasteiger partial charge in [-0.25, -0.2) is 4.39 Å². The van der Waals surface area contributed by atoms with E-state index in [-0.39, 0.29) is 11.7 Å². The summed E-state index contributed by atoms with van der Waals surface area (Å²) in [5, 5.41) is 11.6. The fraction of sp³-hybridized carbons (Fsp3) is 0.133. The van der Waals surface area contributed by atoms with Gasteiger partial charge in [-0.15, -0.1) is 0 Å². The van der Waals surface area contributed by atoms with Crippen molar-refractivity contribution in [2.75, 3.05) is 11.9 Å². The van der Waals surface area contributed by atoms with Gasteiger partial charge in [0.05, 0.1) is 0 Å². The second-order valence-corrected chi connectivity index (χ2v) is 5.54. The number of oxime groups is 1. The molecule has 0 atom stereocenters. The molecule has 4 nitrogen and oxygen atoms in total. The molecule has 0 fully saturated rings. The van der Waals surface area contributed by atoms with Crippen molar-refractivity contribution in [2.24, 2.45) is 10.9 Å². The summed E-state index contributed by atoms with van der Waals surface area (Å²) in [6.45, 7) is 0.446. The van der Waals surface area contributed by atoms with Crippen LogP contribution in [0.25, 0.3) is 0 Å². The predicted octanol–water partition coefficient (Wildman–Crippen LogP) is 3.32. The lowest BCUT2D eigenvalue weighted by atomic mass is 10.1. The molecule has 0 saturated heterocycles. The summed E-state index contributed by atoms with van der Waals surface area (Å²) >= 11 is 3.24. The summed E-state index contributed by atoms with van der Waals surface area (Å²) in [6, 6.07) is 12.2. The van der Waals surface area contributed by atoms with Crippen LogP contribution in [0.3, 0.4) is 0 Å². The molecule has 0 aliphatic carbocycles. The standard InChI is InChI=1S/C15H15BrFN3O/c1-20(9-11-2-5-12(16)8-14(11)17)13-6-3-10(4-7-13)15(18)19-21/h2-8,21H,9H2,1H3,(H2,18,19). The normalized spacial score (nSPS) is 11.5. The summed E-state index contributed by atoms with van der Waals surface area (Å²) in [5.41, 5.74) is 7.66. The highest BCUT2D eigenvalue weighted by atomic mass is 79.9. The first-order valence-electron chi connectivity index (χ1n) is 6.24. The lowest BCUT2D eigenvalue weighted by Gasteiger charge is -2.20. The van der Waals surface area contributed by atoms with Gasteiger partial charge in [-0.1, -0.05) is 27.2 Å². The molecule has 0 aromatic heterocycles. The van der Waals surface area contributed by atoms with Gasteiger partial charge < -0.3 is 15.8 Å². The summed E-state index contributed by atoms with van der Waals surface area (Å²) in [6.07, 6.45) is 0. The van der Waals surface area contributed by atoms with E-state index in [4.69, 9.17) is 10.9 Å². The van der Waals surface area contributed by atoms with Gasteiger partial charge in [0, 0.05) is 34.9 Å². The molecular formula is C15H15BrFN3O. The van der Waals surface area contributed by atoms with Crippen LogP contribution in [0.1, 0.15) is 11.1 Å². The molecule has 0 radical (unpaired) electrons. The number of halogens is 2. The first-order chi connectivity index (χ1) is 10.0. The van der Waals surface area contributed by atoms with Crippen molar-refractivity contribution in [3.8, 4) is 0 Å². The quantitative estimate of drug-likeness (QED) is 0.384. The van der Waals surface area contributed by atoms with Crippen LogP contribution in [0.15, 0.2) is 52.1 Å². The van der Waals surface area contributed by atoms with Crippen molar-refractivity contribution in [3.63, 3.8) is 0 Å². The number of benzene rings is 2. The molecule has 2 aromatic rings. The third-order valence-corrected chi connectivity index (χ3v) is 3.63. The molecular weight excluding hydrogens is 337 g/mol. The van der Waals surface area contributed by atoms with E-state index in [9.17, 15) is 4.39 Å². The minimum absolute atomic E-state index is 0.0585. The smallest absolute Gasteiger partial charge is 0.170 e. The Morgan fingerprint density at radius 3 is 2.52 bits per heavy atom. The van der Waals surface area contributed by atoms with Gasteiger partial charge in [0.25, 0.3) is 0 Å². The Morgan fingerprint density at radius 1 is 1.29 bits per heavy atom. The zero-order valence-corrected chi connectivity index (χ0v) is 13.0. The Hall–Kier alpha value is -2.08. The van der Waals surface area contributed by atoms with Crippen molar-refractivity contribution in [3.05, 3.63) is 63.9 Å². The van der Waals surface area contributed by atoms with Gasteiger partial charge in [0.2, 0.25) is 0 Å². The predicted molar refractivity (Wildman–Crippen MR) is 85.2 cm³/mol. The molecule has 0 bridgehead atoms. The molecule has 3 N–H and O–H groups in total. The van der Waals surface area contributed by atoms with E-state index in [0.29, 0.717) is 17.7 Å². The topological polar surface area (TPSA) is 61.8 Å². The number of anilines is 1. The number of rotatable bonds is 4. The minimum Gasteiger partial charge on any atom is -0.409 e. The van der Waals surface area contributed by atoms with E-state index in [1.807, 2.05) is 30.1 Å². The van der Waals surface area contributed by atoms with Crippen molar-refractivity contribution < 1.29 is 9.60 Å². The van der Waals surface area contributed by atoms with Crippen molar-refractivity contribution in [1.29, 1.82) is 0 Å². The fourth-order valence-electron chi connectivity index (χ4n) is 1.94.